The molecule has 16 nitrogen and oxygen atoms in total. The molecule has 0 spiro atoms. The average Bonchev–Trinajstić information content (AvgIpc) is 2.97. The van der Waals surface area contributed by atoms with Crippen LogP contribution in [0.25, 0.3) is 22.3 Å². The SMILES string of the molecule is COc1cc(-c2[o+]c3cc(O)cc(O)c3cc2O[C@@H]2O[C@H](CO)[C@@H](O)[C@H](O)[C@H]2O[C@@H]2OC[C@@H](O)[C@H](O)[C@H]2O)cc(O)c1O. The van der Waals surface area contributed by atoms with Gasteiger partial charge < -0.3 is 74.7 Å². The molecule has 0 amide bonds. The zero-order valence-corrected chi connectivity index (χ0v) is 22.4. The molecule has 3 heterocycles. The predicted molar refractivity (Wildman–Crippen MR) is 140 cm³/mol. The zero-order valence-electron chi connectivity index (χ0n) is 22.4. The van der Waals surface area contributed by atoms with Crippen LogP contribution in [0, 0.1) is 0 Å². The molecule has 0 bridgehead atoms. The molecule has 2 aliphatic rings. The summed E-state index contributed by atoms with van der Waals surface area (Å²) in [4.78, 5) is 0. The van der Waals surface area contributed by atoms with Crippen molar-refractivity contribution in [1.29, 1.82) is 0 Å². The molecule has 10 N–H and O–H groups in total. The molecule has 0 aliphatic carbocycles. The van der Waals surface area contributed by atoms with Gasteiger partial charge in [-0.15, -0.1) is 0 Å². The first-order valence-electron chi connectivity index (χ1n) is 13.0. The van der Waals surface area contributed by atoms with Crippen LogP contribution in [0.2, 0.25) is 0 Å². The minimum Gasteiger partial charge on any atom is -0.507 e. The van der Waals surface area contributed by atoms with Gasteiger partial charge >= 0.3 is 11.3 Å². The van der Waals surface area contributed by atoms with E-state index in [-0.39, 0.29) is 39.5 Å². The number of fused-ring (bicyclic) bond motifs is 1. The van der Waals surface area contributed by atoms with E-state index in [0.717, 1.165) is 12.1 Å². The second-order valence-electron chi connectivity index (χ2n) is 10.0. The van der Waals surface area contributed by atoms with Crippen molar-refractivity contribution in [2.24, 2.45) is 0 Å². The maximum absolute atomic E-state index is 10.9. The molecule has 2 fully saturated rings. The van der Waals surface area contributed by atoms with E-state index >= 15 is 0 Å². The molecule has 1 aromatic heterocycles. The molecule has 0 saturated carbocycles. The molecule has 3 aromatic rings. The lowest BCUT2D eigenvalue weighted by atomic mass is 9.98. The lowest BCUT2D eigenvalue weighted by Gasteiger charge is -2.44. The molecule has 9 atom stereocenters. The van der Waals surface area contributed by atoms with Crippen LogP contribution in [-0.2, 0) is 14.2 Å². The third-order valence-electron chi connectivity index (χ3n) is 7.17. The Kier molecular flexibility index (Phi) is 8.66. The van der Waals surface area contributed by atoms with Crippen LogP contribution in [0.3, 0.4) is 0 Å². The number of rotatable bonds is 7. The molecule has 0 radical (unpaired) electrons. The fraction of sp³-hybridized carbons (Fsp3) is 0.444. The molecule has 5 rings (SSSR count). The van der Waals surface area contributed by atoms with E-state index in [4.69, 9.17) is 28.1 Å². The first kappa shape index (κ1) is 30.7. The van der Waals surface area contributed by atoms with Crippen molar-refractivity contribution in [2.45, 2.75) is 55.3 Å². The summed E-state index contributed by atoms with van der Waals surface area (Å²) in [5.41, 5.74) is 0.0151. The van der Waals surface area contributed by atoms with Crippen LogP contribution in [0.1, 0.15) is 0 Å². The molecule has 0 unspecified atom stereocenters. The molecular formula is C27H31O16+. The van der Waals surface area contributed by atoms with Crippen LogP contribution in [-0.4, -0.2) is 127 Å². The van der Waals surface area contributed by atoms with Gasteiger partial charge in [-0.2, -0.15) is 0 Å². The minimum absolute atomic E-state index is 0.0298. The maximum atomic E-state index is 10.9. The van der Waals surface area contributed by atoms with Gasteiger partial charge in [-0.3, -0.25) is 0 Å². The summed E-state index contributed by atoms with van der Waals surface area (Å²) in [5.74, 6) is -2.52. The zero-order chi connectivity index (χ0) is 31.2. The third-order valence-corrected chi connectivity index (χ3v) is 7.17. The van der Waals surface area contributed by atoms with Crippen molar-refractivity contribution in [1.82, 2.24) is 0 Å². The Balaban J connectivity index is 1.60. The Morgan fingerprint density at radius 3 is 2.28 bits per heavy atom. The number of phenols is 4. The van der Waals surface area contributed by atoms with Crippen molar-refractivity contribution in [3.8, 4) is 45.8 Å². The Hall–Kier alpha value is -3.71. The van der Waals surface area contributed by atoms with Crippen LogP contribution < -0.4 is 9.47 Å². The second kappa shape index (κ2) is 12.1. The summed E-state index contributed by atoms with van der Waals surface area (Å²) in [5, 5.41) is 102. The lowest BCUT2D eigenvalue weighted by Crippen LogP contribution is -2.63. The summed E-state index contributed by atoms with van der Waals surface area (Å²) in [6.45, 7) is -1.21. The summed E-state index contributed by atoms with van der Waals surface area (Å²) >= 11 is 0. The second-order valence-corrected chi connectivity index (χ2v) is 10.0. The maximum Gasteiger partial charge on any atom is 0.402 e. The normalized spacial score (nSPS) is 31.2. The van der Waals surface area contributed by atoms with Crippen molar-refractivity contribution in [3.05, 3.63) is 30.3 Å². The number of ether oxygens (including phenoxy) is 5. The van der Waals surface area contributed by atoms with Gasteiger partial charge in [-0.05, 0) is 0 Å². The Labute approximate surface area is 242 Å². The third kappa shape index (κ3) is 5.79. The summed E-state index contributed by atoms with van der Waals surface area (Å²) in [7, 11) is 1.24. The number of aromatic hydroxyl groups is 4. The average molecular weight is 612 g/mol. The van der Waals surface area contributed by atoms with Gasteiger partial charge in [-0.25, -0.2) is 4.42 Å². The van der Waals surface area contributed by atoms with Crippen LogP contribution in [0.5, 0.6) is 34.5 Å². The van der Waals surface area contributed by atoms with Crippen molar-refractivity contribution < 1.29 is 79.2 Å². The van der Waals surface area contributed by atoms with Crippen LogP contribution >= 0.6 is 0 Å². The number of aliphatic hydroxyl groups excluding tert-OH is 6. The smallest absolute Gasteiger partial charge is 0.402 e. The fourth-order valence-corrected chi connectivity index (χ4v) is 4.83. The number of hydrogen-bond donors (Lipinski definition) is 10. The minimum atomic E-state index is -1.82. The first-order chi connectivity index (χ1) is 20.4. The number of benzene rings is 2. The highest BCUT2D eigenvalue weighted by Crippen LogP contribution is 2.45. The van der Waals surface area contributed by atoms with Gasteiger partial charge in [0.15, 0.2) is 23.9 Å². The first-order valence-corrected chi connectivity index (χ1v) is 13.0. The Morgan fingerprint density at radius 2 is 1.58 bits per heavy atom. The molecule has 2 aliphatic heterocycles. The highest BCUT2D eigenvalue weighted by Gasteiger charge is 2.50. The van der Waals surface area contributed by atoms with Gasteiger partial charge in [0.1, 0.15) is 53.5 Å². The van der Waals surface area contributed by atoms with E-state index in [0.29, 0.717) is 0 Å². The number of aliphatic hydroxyl groups is 6. The number of methoxy groups -OCH3 is 1. The van der Waals surface area contributed by atoms with Gasteiger partial charge in [0.2, 0.25) is 17.8 Å². The summed E-state index contributed by atoms with van der Waals surface area (Å²) in [6.07, 6.45) is -14.8. The largest absolute Gasteiger partial charge is 0.507 e. The molecular weight excluding hydrogens is 580 g/mol. The van der Waals surface area contributed by atoms with Gasteiger partial charge in [0.25, 0.3) is 0 Å². The Morgan fingerprint density at radius 1 is 0.837 bits per heavy atom. The topological polar surface area (TPSA) is 260 Å². The van der Waals surface area contributed by atoms with E-state index in [1.54, 1.807) is 0 Å². The fourth-order valence-electron chi connectivity index (χ4n) is 4.83. The van der Waals surface area contributed by atoms with E-state index in [2.05, 4.69) is 0 Å². The molecule has 43 heavy (non-hydrogen) atoms. The van der Waals surface area contributed by atoms with E-state index in [1.807, 2.05) is 0 Å². The quantitative estimate of drug-likeness (QED) is 0.112. The molecule has 2 saturated heterocycles. The number of phenolic OH excluding ortho intramolecular Hbond substituents is 4. The molecule has 234 valence electrons. The van der Waals surface area contributed by atoms with Crippen LogP contribution in [0.4, 0.5) is 0 Å². The number of hydrogen-bond acceptors (Lipinski definition) is 15. The van der Waals surface area contributed by atoms with E-state index in [9.17, 15) is 51.1 Å². The van der Waals surface area contributed by atoms with E-state index in [1.165, 1.54) is 25.3 Å². The highest BCUT2D eigenvalue weighted by molar-refractivity contribution is 5.88. The van der Waals surface area contributed by atoms with Gasteiger partial charge in [-0.1, -0.05) is 0 Å². The van der Waals surface area contributed by atoms with E-state index < -0.39 is 85.8 Å². The Bertz CT molecular complexity index is 1460. The lowest BCUT2D eigenvalue weighted by molar-refractivity contribution is -0.344. The predicted octanol–water partition coefficient (Wildman–Crippen LogP) is -1.15. The summed E-state index contributed by atoms with van der Waals surface area (Å²) < 4.78 is 33.7. The summed E-state index contributed by atoms with van der Waals surface area (Å²) in [6, 6.07) is 5.85. The standard InChI is InChI=1S/C27H30O16/c1-38-16-3-9(2-13(31)19(16)33)24-17(6-11-12(30)4-10(29)5-15(11)40-24)41-27-25(22(36)21(35)18(7-28)42-27)43-26-23(37)20(34)14(32)8-39-26/h2-6,14,18,20-23,25-28,32,34-37H,7-8H2,1H3,(H3-,29,30,31,33)/p+1/t14-,18-,20+,21-,22+,23-,25-,26+,27-/m1/s1. The van der Waals surface area contributed by atoms with Crippen molar-refractivity contribution in [3.63, 3.8) is 0 Å². The highest BCUT2D eigenvalue weighted by atomic mass is 16.8. The van der Waals surface area contributed by atoms with Gasteiger partial charge in [0.05, 0.1) is 32.0 Å². The monoisotopic (exact) mass is 611 g/mol. The molecule has 16 heteroatoms. The van der Waals surface area contributed by atoms with Crippen LogP contribution in [0.15, 0.2) is 34.7 Å². The van der Waals surface area contributed by atoms with Crippen molar-refractivity contribution in [2.75, 3.05) is 20.3 Å². The van der Waals surface area contributed by atoms with Crippen molar-refractivity contribution >= 4 is 11.0 Å². The molecule has 2 aromatic carbocycles. The van der Waals surface area contributed by atoms with Gasteiger partial charge in [0, 0.05) is 24.3 Å².